The van der Waals surface area contributed by atoms with Crippen molar-refractivity contribution >= 4 is 23.5 Å². The van der Waals surface area contributed by atoms with Gasteiger partial charge in [-0.05, 0) is 17.7 Å². The van der Waals surface area contributed by atoms with E-state index < -0.39 is 12.0 Å². The normalized spacial score (nSPS) is 12.1. The lowest BCUT2D eigenvalue weighted by Gasteiger charge is -2.18. The highest BCUT2D eigenvalue weighted by molar-refractivity contribution is 6.30. The van der Waals surface area contributed by atoms with Gasteiger partial charge < -0.3 is 10.1 Å². The van der Waals surface area contributed by atoms with Crippen molar-refractivity contribution in [3.8, 4) is 0 Å². The van der Waals surface area contributed by atoms with Crippen LogP contribution in [0.4, 0.5) is 0 Å². The van der Waals surface area contributed by atoms with Crippen LogP contribution in [0.1, 0.15) is 19.4 Å². The largest absolute Gasteiger partial charge is 0.467 e. The molecule has 0 radical (unpaired) electrons. The summed E-state index contributed by atoms with van der Waals surface area (Å²) in [4.78, 5) is 23.4. The van der Waals surface area contributed by atoms with Gasteiger partial charge in [0.1, 0.15) is 6.04 Å². The lowest BCUT2D eigenvalue weighted by atomic mass is 10.1. The van der Waals surface area contributed by atoms with Crippen LogP contribution in [-0.2, 0) is 20.7 Å². The minimum absolute atomic E-state index is 0.177. The molecule has 0 saturated heterocycles. The predicted molar refractivity (Wildman–Crippen MR) is 73.9 cm³/mol. The van der Waals surface area contributed by atoms with E-state index in [9.17, 15) is 9.59 Å². The highest BCUT2D eigenvalue weighted by Gasteiger charge is 2.22. The molecular weight excluding hydrogens is 266 g/mol. The van der Waals surface area contributed by atoms with Crippen LogP contribution >= 0.6 is 11.6 Å². The number of carbonyl (C=O) groups excluding carboxylic acids is 2. The number of amides is 1. The number of esters is 1. The molecule has 1 amide bonds. The molecule has 1 rings (SSSR count). The van der Waals surface area contributed by atoms with Gasteiger partial charge in [-0.2, -0.15) is 0 Å². The van der Waals surface area contributed by atoms with E-state index >= 15 is 0 Å². The van der Waals surface area contributed by atoms with Gasteiger partial charge in [0, 0.05) is 17.4 Å². The van der Waals surface area contributed by atoms with Crippen LogP contribution in [0.5, 0.6) is 0 Å². The van der Waals surface area contributed by atoms with Gasteiger partial charge >= 0.3 is 5.97 Å². The van der Waals surface area contributed by atoms with Gasteiger partial charge in [-0.3, -0.25) is 4.79 Å². The molecule has 0 aliphatic rings. The van der Waals surface area contributed by atoms with E-state index in [1.807, 2.05) is 12.1 Å². The van der Waals surface area contributed by atoms with E-state index in [0.717, 1.165) is 5.56 Å². The lowest BCUT2D eigenvalue weighted by Crippen LogP contribution is -2.44. The summed E-state index contributed by atoms with van der Waals surface area (Å²) in [5.41, 5.74) is 0.906. The van der Waals surface area contributed by atoms with E-state index in [4.69, 9.17) is 16.3 Å². The SMILES string of the molecule is COC(=O)[C@@H](Cc1ccc(Cl)cc1)NC(=O)C(C)C. The molecular formula is C14H18ClNO3. The molecule has 1 N–H and O–H groups in total. The predicted octanol–water partition coefficient (Wildman–Crippen LogP) is 2.20. The number of benzene rings is 1. The molecule has 0 fully saturated rings. The fourth-order valence-corrected chi connectivity index (χ4v) is 1.66. The third-order valence-electron chi connectivity index (χ3n) is 2.68. The van der Waals surface area contributed by atoms with Gasteiger partial charge in [0.05, 0.1) is 7.11 Å². The van der Waals surface area contributed by atoms with Crippen molar-refractivity contribution in [1.82, 2.24) is 5.32 Å². The van der Waals surface area contributed by atoms with Gasteiger partial charge in [-0.15, -0.1) is 0 Å². The highest BCUT2D eigenvalue weighted by Crippen LogP contribution is 2.12. The Morgan fingerprint density at radius 3 is 2.32 bits per heavy atom. The fourth-order valence-electron chi connectivity index (χ4n) is 1.53. The molecule has 1 aromatic rings. The summed E-state index contributed by atoms with van der Waals surface area (Å²) in [7, 11) is 1.30. The van der Waals surface area contributed by atoms with Crippen LogP contribution in [0.25, 0.3) is 0 Å². The van der Waals surface area contributed by atoms with Crippen LogP contribution in [0.15, 0.2) is 24.3 Å². The number of ether oxygens (including phenoxy) is 1. The molecule has 0 aliphatic heterocycles. The maximum Gasteiger partial charge on any atom is 0.328 e. The van der Waals surface area contributed by atoms with Crippen LogP contribution in [0.2, 0.25) is 5.02 Å². The second-order valence-corrected chi connectivity index (χ2v) is 5.01. The molecule has 0 unspecified atom stereocenters. The standard InChI is InChI=1S/C14H18ClNO3/c1-9(2)13(17)16-12(14(18)19-3)8-10-4-6-11(15)7-5-10/h4-7,9,12H,8H2,1-3H3,(H,16,17)/t12-/m1/s1. The fraction of sp³-hybridized carbons (Fsp3) is 0.429. The van der Waals surface area contributed by atoms with Gasteiger partial charge in [0.2, 0.25) is 5.91 Å². The second kappa shape index (κ2) is 7.14. The van der Waals surface area contributed by atoms with Crippen molar-refractivity contribution in [1.29, 1.82) is 0 Å². The first-order valence-electron chi connectivity index (χ1n) is 6.06. The van der Waals surface area contributed by atoms with Crippen LogP contribution in [0.3, 0.4) is 0 Å². The zero-order valence-electron chi connectivity index (χ0n) is 11.3. The quantitative estimate of drug-likeness (QED) is 0.843. The zero-order chi connectivity index (χ0) is 14.4. The number of methoxy groups -OCH3 is 1. The Labute approximate surface area is 118 Å². The number of hydrogen-bond donors (Lipinski definition) is 1. The van der Waals surface area contributed by atoms with E-state index in [1.165, 1.54) is 7.11 Å². The topological polar surface area (TPSA) is 55.4 Å². The minimum Gasteiger partial charge on any atom is -0.467 e. The third-order valence-corrected chi connectivity index (χ3v) is 2.93. The van der Waals surface area contributed by atoms with Gasteiger partial charge in [-0.1, -0.05) is 37.6 Å². The Morgan fingerprint density at radius 1 is 1.26 bits per heavy atom. The number of hydrogen-bond acceptors (Lipinski definition) is 3. The molecule has 104 valence electrons. The molecule has 5 heteroatoms. The van der Waals surface area contributed by atoms with Crippen molar-refractivity contribution < 1.29 is 14.3 Å². The molecule has 0 saturated carbocycles. The summed E-state index contributed by atoms with van der Waals surface area (Å²) in [6.45, 7) is 3.54. The maximum atomic E-state index is 11.7. The monoisotopic (exact) mass is 283 g/mol. The Bertz CT molecular complexity index is 443. The Hall–Kier alpha value is -1.55. The van der Waals surface area contributed by atoms with E-state index in [1.54, 1.807) is 26.0 Å². The van der Waals surface area contributed by atoms with Crippen LogP contribution in [0, 0.1) is 5.92 Å². The third kappa shape index (κ3) is 4.91. The Balaban J connectivity index is 2.77. The van der Waals surface area contributed by atoms with Gasteiger partial charge in [0.25, 0.3) is 0 Å². The van der Waals surface area contributed by atoms with Crippen molar-refractivity contribution in [3.05, 3.63) is 34.9 Å². The molecule has 0 aliphatic carbocycles. The number of nitrogens with one attached hydrogen (secondary N) is 1. The molecule has 19 heavy (non-hydrogen) atoms. The van der Waals surface area contributed by atoms with Crippen LogP contribution in [-0.4, -0.2) is 25.0 Å². The number of halogens is 1. The summed E-state index contributed by atoms with van der Waals surface area (Å²) >= 11 is 5.80. The summed E-state index contributed by atoms with van der Waals surface area (Å²) in [5.74, 6) is -0.814. The maximum absolute atomic E-state index is 11.7. The molecule has 4 nitrogen and oxygen atoms in total. The van der Waals surface area contributed by atoms with Crippen molar-refractivity contribution in [2.45, 2.75) is 26.3 Å². The van der Waals surface area contributed by atoms with Crippen molar-refractivity contribution in [3.63, 3.8) is 0 Å². The van der Waals surface area contributed by atoms with E-state index in [-0.39, 0.29) is 11.8 Å². The van der Waals surface area contributed by atoms with E-state index in [2.05, 4.69) is 5.32 Å². The summed E-state index contributed by atoms with van der Waals surface area (Å²) < 4.78 is 4.71. The number of rotatable bonds is 5. The molecule has 1 aromatic carbocycles. The van der Waals surface area contributed by atoms with Gasteiger partial charge in [0.15, 0.2) is 0 Å². The molecule has 0 spiro atoms. The Kier molecular flexibility index (Phi) is 5.83. The van der Waals surface area contributed by atoms with Crippen LogP contribution < -0.4 is 5.32 Å². The summed E-state index contributed by atoms with van der Waals surface area (Å²) in [6, 6.07) is 6.45. The molecule has 1 atom stereocenters. The Morgan fingerprint density at radius 2 is 1.84 bits per heavy atom. The van der Waals surface area contributed by atoms with Gasteiger partial charge in [-0.25, -0.2) is 4.79 Å². The first kappa shape index (κ1) is 15.5. The second-order valence-electron chi connectivity index (χ2n) is 4.57. The number of carbonyl (C=O) groups is 2. The smallest absolute Gasteiger partial charge is 0.328 e. The minimum atomic E-state index is -0.680. The lowest BCUT2D eigenvalue weighted by molar-refractivity contribution is -0.145. The first-order chi connectivity index (χ1) is 8.93. The van der Waals surface area contributed by atoms with Crippen molar-refractivity contribution in [2.75, 3.05) is 7.11 Å². The molecule has 0 aromatic heterocycles. The summed E-state index contributed by atoms with van der Waals surface area (Å²) in [5, 5.41) is 3.31. The van der Waals surface area contributed by atoms with Crippen molar-refractivity contribution in [2.24, 2.45) is 5.92 Å². The zero-order valence-corrected chi connectivity index (χ0v) is 12.0. The first-order valence-corrected chi connectivity index (χ1v) is 6.44. The molecule has 0 bridgehead atoms. The average molecular weight is 284 g/mol. The summed E-state index contributed by atoms with van der Waals surface area (Å²) in [6.07, 6.45) is 0.377. The average Bonchev–Trinajstić information content (AvgIpc) is 2.39. The molecule has 0 heterocycles. The highest BCUT2D eigenvalue weighted by atomic mass is 35.5. The van der Waals surface area contributed by atoms with E-state index in [0.29, 0.717) is 11.4 Å².